The van der Waals surface area contributed by atoms with E-state index >= 15 is 0 Å². The molecule has 0 radical (unpaired) electrons. The van der Waals surface area contributed by atoms with Crippen LogP contribution in [0.2, 0.25) is 5.02 Å². The maximum atomic E-state index is 13.6. The molecule has 3 aromatic carbocycles. The van der Waals surface area contributed by atoms with Crippen molar-refractivity contribution in [2.75, 3.05) is 6.54 Å². The number of halogens is 1. The molecule has 1 aromatic heterocycles. The van der Waals surface area contributed by atoms with Gasteiger partial charge in [-0.15, -0.1) is 0 Å². The van der Waals surface area contributed by atoms with Crippen molar-refractivity contribution in [1.82, 2.24) is 14.9 Å². The molecule has 6 heteroatoms. The fraction of sp³-hybridized carbons (Fsp3) is 0.160. The third kappa shape index (κ3) is 3.51. The normalized spacial score (nSPS) is 13.3. The molecule has 0 unspecified atom stereocenters. The van der Waals surface area contributed by atoms with Gasteiger partial charge in [-0.05, 0) is 54.8 Å². The summed E-state index contributed by atoms with van der Waals surface area (Å²) in [5.74, 6) is 0.686. The molecule has 0 atom stereocenters. The van der Waals surface area contributed by atoms with Crippen molar-refractivity contribution in [2.24, 2.45) is 0 Å². The topological polar surface area (TPSA) is 66.3 Å². The van der Waals surface area contributed by atoms with Gasteiger partial charge in [-0.1, -0.05) is 41.9 Å². The van der Waals surface area contributed by atoms with E-state index in [2.05, 4.69) is 9.97 Å². The number of carbonyl (C=O) groups excluding carboxylic acids is 1. The molecule has 5 nitrogen and oxygen atoms in total. The minimum Gasteiger partial charge on any atom is -0.507 e. The third-order valence-electron chi connectivity index (χ3n) is 5.77. The van der Waals surface area contributed by atoms with Crippen LogP contribution in [-0.2, 0) is 13.0 Å². The van der Waals surface area contributed by atoms with Crippen molar-refractivity contribution in [3.63, 3.8) is 0 Å². The zero-order valence-corrected chi connectivity index (χ0v) is 17.7. The smallest absolute Gasteiger partial charge is 0.273 e. The molecule has 4 aromatic rings. The molecule has 1 amide bonds. The van der Waals surface area contributed by atoms with Crippen molar-refractivity contribution in [2.45, 2.75) is 19.9 Å². The van der Waals surface area contributed by atoms with Gasteiger partial charge in [0.1, 0.15) is 11.4 Å². The second kappa shape index (κ2) is 7.67. The highest BCUT2D eigenvalue weighted by Gasteiger charge is 2.26. The average Bonchev–Trinajstić information content (AvgIpc) is 2.80. The van der Waals surface area contributed by atoms with Gasteiger partial charge in [0.2, 0.25) is 0 Å². The molecule has 31 heavy (non-hydrogen) atoms. The molecular formula is C25H20ClN3O2. The Morgan fingerprint density at radius 3 is 2.61 bits per heavy atom. The number of aryl methyl sites for hydroxylation is 1. The molecule has 0 saturated carbocycles. The molecule has 1 N–H and O–H groups in total. The van der Waals surface area contributed by atoms with E-state index in [1.165, 1.54) is 0 Å². The van der Waals surface area contributed by atoms with Crippen LogP contribution in [-0.4, -0.2) is 32.4 Å². The first-order valence-corrected chi connectivity index (χ1v) is 10.5. The summed E-state index contributed by atoms with van der Waals surface area (Å²) in [5, 5.41) is 11.7. The lowest BCUT2D eigenvalue weighted by Crippen LogP contribution is -2.36. The van der Waals surface area contributed by atoms with Crippen LogP contribution in [0.15, 0.2) is 60.7 Å². The highest BCUT2D eigenvalue weighted by atomic mass is 35.5. The predicted molar refractivity (Wildman–Crippen MR) is 121 cm³/mol. The van der Waals surface area contributed by atoms with Gasteiger partial charge < -0.3 is 10.0 Å². The van der Waals surface area contributed by atoms with Gasteiger partial charge >= 0.3 is 0 Å². The molecule has 0 saturated heterocycles. The van der Waals surface area contributed by atoms with E-state index in [1.54, 1.807) is 17.0 Å². The van der Waals surface area contributed by atoms with E-state index in [1.807, 2.05) is 55.5 Å². The van der Waals surface area contributed by atoms with Gasteiger partial charge in [0.25, 0.3) is 5.91 Å². The summed E-state index contributed by atoms with van der Waals surface area (Å²) in [7, 11) is 0. The largest absolute Gasteiger partial charge is 0.507 e. The first-order chi connectivity index (χ1) is 15.0. The monoisotopic (exact) mass is 429 g/mol. The zero-order chi connectivity index (χ0) is 21.5. The summed E-state index contributed by atoms with van der Waals surface area (Å²) >= 11 is 6.02. The lowest BCUT2D eigenvalue weighted by molar-refractivity contribution is 0.0730. The number of phenolic OH excluding ortho intramolecular Hbond substituents is 1. The van der Waals surface area contributed by atoms with Crippen LogP contribution in [0.1, 0.15) is 27.2 Å². The van der Waals surface area contributed by atoms with Crippen molar-refractivity contribution in [3.8, 4) is 17.1 Å². The van der Waals surface area contributed by atoms with Crippen LogP contribution in [0.25, 0.3) is 22.3 Å². The maximum absolute atomic E-state index is 13.6. The van der Waals surface area contributed by atoms with Crippen molar-refractivity contribution in [3.05, 3.63) is 88.1 Å². The number of nitrogens with zero attached hydrogens (tertiary/aromatic N) is 3. The first-order valence-electron chi connectivity index (χ1n) is 10.1. The van der Waals surface area contributed by atoms with Crippen LogP contribution >= 0.6 is 11.6 Å². The zero-order valence-electron chi connectivity index (χ0n) is 17.0. The van der Waals surface area contributed by atoms with E-state index in [4.69, 9.17) is 11.6 Å². The number of benzene rings is 3. The fourth-order valence-corrected chi connectivity index (χ4v) is 4.17. The molecule has 0 fully saturated rings. The first kappa shape index (κ1) is 19.5. The Kier molecular flexibility index (Phi) is 4.83. The number of hydrogen-bond acceptors (Lipinski definition) is 4. The number of carbonyl (C=O) groups is 1. The summed E-state index contributed by atoms with van der Waals surface area (Å²) in [4.78, 5) is 24.7. The Labute approximate surface area is 185 Å². The number of fused-ring (bicyclic) bond motifs is 2. The van der Waals surface area contributed by atoms with Gasteiger partial charge in [-0.3, -0.25) is 4.79 Å². The van der Waals surface area contributed by atoms with Gasteiger partial charge in [0.15, 0.2) is 5.82 Å². The van der Waals surface area contributed by atoms with Crippen LogP contribution in [0.3, 0.4) is 0 Å². The van der Waals surface area contributed by atoms with E-state index in [0.29, 0.717) is 41.8 Å². The second-order valence-electron chi connectivity index (χ2n) is 7.77. The Morgan fingerprint density at radius 2 is 1.81 bits per heavy atom. The highest BCUT2D eigenvalue weighted by molar-refractivity contribution is 6.30. The Bertz CT molecular complexity index is 1320. The number of para-hydroxylation sites is 1. The van der Waals surface area contributed by atoms with Crippen LogP contribution in [0.5, 0.6) is 5.75 Å². The average molecular weight is 430 g/mol. The van der Waals surface area contributed by atoms with Crippen LogP contribution in [0, 0.1) is 6.92 Å². The van der Waals surface area contributed by atoms with Gasteiger partial charge in [0, 0.05) is 34.6 Å². The molecule has 5 rings (SSSR count). The number of aromatic nitrogens is 2. The number of phenols is 1. The third-order valence-corrected chi connectivity index (χ3v) is 6.02. The minimum absolute atomic E-state index is 0.139. The van der Waals surface area contributed by atoms with E-state index in [0.717, 1.165) is 33.2 Å². The number of amides is 1. The molecule has 2 heterocycles. The number of rotatable bonds is 2. The van der Waals surface area contributed by atoms with E-state index < -0.39 is 0 Å². The molecular weight excluding hydrogens is 410 g/mol. The molecule has 0 spiro atoms. The SMILES string of the molecule is Cc1ccc2c(c1O)CCN(C(=O)c1nc(-c3ccc(Cl)cc3)nc3ccccc13)C2. The van der Waals surface area contributed by atoms with Gasteiger partial charge in [0.05, 0.1) is 5.52 Å². The summed E-state index contributed by atoms with van der Waals surface area (Å²) in [6.07, 6.45) is 0.613. The minimum atomic E-state index is -0.139. The number of hydrogen-bond donors (Lipinski definition) is 1. The molecule has 0 aliphatic carbocycles. The summed E-state index contributed by atoms with van der Waals surface area (Å²) in [6, 6.07) is 18.7. The summed E-state index contributed by atoms with van der Waals surface area (Å²) in [5.41, 5.74) is 4.66. The molecule has 0 bridgehead atoms. The second-order valence-corrected chi connectivity index (χ2v) is 8.20. The Balaban J connectivity index is 1.56. The predicted octanol–water partition coefficient (Wildman–Crippen LogP) is 5.16. The van der Waals surface area contributed by atoms with Crippen molar-refractivity contribution < 1.29 is 9.90 Å². The highest BCUT2D eigenvalue weighted by Crippen LogP contribution is 2.31. The molecule has 1 aliphatic heterocycles. The van der Waals surface area contributed by atoms with Crippen LogP contribution in [0.4, 0.5) is 0 Å². The van der Waals surface area contributed by atoms with E-state index in [9.17, 15) is 9.90 Å². The standard InChI is InChI=1S/C25H20ClN3O2/c1-15-6-7-17-14-29(13-12-19(17)23(15)30)25(31)22-20-4-2-3-5-21(20)27-24(28-22)16-8-10-18(26)11-9-16/h2-11,30H,12-14H2,1H3. The maximum Gasteiger partial charge on any atom is 0.273 e. The Morgan fingerprint density at radius 1 is 1.03 bits per heavy atom. The lowest BCUT2D eigenvalue weighted by Gasteiger charge is -2.29. The fourth-order valence-electron chi connectivity index (χ4n) is 4.04. The molecule has 1 aliphatic rings. The lowest BCUT2D eigenvalue weighted by atomic mass is 9.96. The van der Waals surface area contributed by atoms with Crippen LogP contribution < -0.4 is 0 Å². The number of aromatic hydroxyl groups is 1. The van der Waals surface area contributed by atoms with E-state index in [-0.39, 0.29) is 5.91 Å². The Hall–Kier alpha value is -3.44. The van der Waals surface area contributed by atoms with Crippen molar-refractivity contribution >= 4 is 28.4 Å². The quantitative estimate of drug-likeness (QED) is 0.477. The van der Waals surface area contributed by atoms with Gasteiger partial charge in [-0.25, -0.2) is 9.97 Å². The van der Waals surface area contributed by atoms with Crippen molar-refractivity contribution in [1.29, 1.82) is 0 Å². The van der Waals surface area contributed by atoms with Gasteiger partial charge in [-0.2, -0.15) is 0 Å². The summed E-state index contributed by atoms with van der Waals surface area (Å²) < 4.78 is 0. The molecule has 154 valence electrons. The summed E-state index contributed by atoms with van der Waals surface area (Å²) in [6.45, 7) is 2.85.